The van der Waals surface area contributed by atoms with E-state index in [4.69, 9.17) is 11.6 Å². The number of nitrogens with one attached hydrogen (secondary N) is 2. The lowest BCUT2D eigenvalue weighted by atomic mass is 9.82. The van der Waals surface area contributed by atoms with Crippen molar-refractivity contribution in [1.29, 1.82) is 0 Å². The van der Waals surface area contributed by atoms with Crippen molar-refractivity contribution in [2.75, 3.05) is 5.32 Å². The van der Waals surface area contributed by atoms with E-state index in [9.17, 15) is 15.0 Å². The molecule has 0 aliphatic carbocycles. The molecule has 8 heteroatoms. The molecule has 0 bridgehead atoms. The zero-order chi connectivity index (χ0) is 22.3. The summed E-state index contributed by atoms with van der Waals surface area (Å²) in [6.45, 7) is 1.82. The summed E-state index contributed by atoms with van der Waals surface area (Å²) in [6.07, 6.45) is 0. The molecule has 0 radical (unpaired) electrons. The van der Waals surface area contributed by atoms with E-state index in [1.807, 2.05) is 49.4 Å². The van der Waals surface area contributed by atoms with Crippen molar-refractivity contribution < 1.29 is 19.8 Å². The predicted molar refractivity (Wildman–Crippen MR) is 119 cm³/mol. The zero-order valence-corrected chi connectivity index (χ0v) is 18.1. The van der Waals surface area contributed by atoms with Gasteiger partial charge in [0.15, 0.2) is 0 Å². The molecule has 4 N–H and O–H groups in total. The van der Waals surface area contributed by atoms with Crippen molar-refractivity contribution in [1.82, 2.24) is 4.57 Å². The minimum Gasteiger partial charge on any atom is -0.460 e. The number of aromatic hydroxyl groups is 1. The Labute approximate surface area is 184 Å². The Morgan fingerprint density at radius 2 is 1.81 bits per heavy atom. The van der Waals surface area contributed by atoms with Crippen molar-refractivity contribution in [2.24, 2.45) is 14.1 Å². The molecule has 1 aliphatic rings. The van der Waals surface area contributed by atoms with Gasteiger partial charge in [-0.2, -0.15) is 9.56 Å². The number of hydrogen-bond acceptors (Lipinski definition) is 3. The molecule has 0 fully saturated rings. The zero-order valence-electron chi connectivity index (χ0n) is 17.3. The van der Waals surface area contributed by atoms with Gasteiger partial charge in [-0.1, -0.05) is 41.9 Å². The van der Waals surface area contributed by atoms with Crippen LogP contribution in [0.1, 0.15) is 24.0 Å². The minimum atomic E-state index is -0.588. The van der Waals surface area contributed by atoms with Crippen LogP contribution in [0.5, 0.6) is 6.01 Å². The number of nitrogens with zero attached hydrogens (tertiary/aromatic N) is 2. The fraction of sp³-hybridized carbons (Fsp3) is 0.174. The Kier molecular flexibility index (Phi) is 5.29. The highest BCUT2D eigenvalue weighted by Gasteiger charge is 2.41. The molecular formula is C23H23ClN4O3+2. The Hall–Kier alpha value is -3.58. The van der Waals surface area contributed by atoms with Gasteiger partial charge in [-0.15, -0.1) is 0 Å². The number of aliphatic hydroxyl groups excluding tert-OH is 1. The lowest BCUT2D eigenvalue weighted by Gasteiger charge is -2.26. The molecule has 0 spiro atoms. The first-order chi connectivity index (χ1) is 14.8. The monoisotopic (exact) mass is 438 g/mol. The second-order valence-corrected chi connectivity index (χ2v) is 7.91. The fourth-order valence-corrected chi connectivity index (χ4v) is 4.05. The van der Waals surface area contributed by atoms with Crippen molar-refractivity contribution in [3.05, 3.63) is 92.4 Å². The second-order valence-electron chi connectivity index (χ2n) is 7.47. The highest BCUT2D eigenvalue weighted by Crippen LogP contribution is 2.39. The Morgan fingerprint density at radius 3 is 2.45 bits per heavy atom. The standard InChI is InChI=1S/C23H21ClN4O3/c1-13-17(21(29)26-16-7-5-4-6-8-16)18(14-9-11-15(24)12-10-14)19-20(25-13)27(2)23(31)28(3)22(19)30/h4-12,18H,1-3H3,(H2,25,26,29,30)/p+2. The first-order valence-corrected chi connectivity index (χ1v) is 10.1. The summed E-state index contributed by atoms with van der Waals surface area (Å²) in [5.41, 5.74) is 2.72. The third kappa shape index (κ3) is 3.57. The number of para-hydroxylation sites is 1. The highest BCUT2D eigenvalue weighted by atomic mass is 35.5. The van der Waals surface area contributed by atoms with Gasteiger partial charge in [0.25, 0.3) is 0 Å². The number of fused-ring (bicyclic) bond motifs is 1. The van der Waals surface area contributed by atoms with Gasteiger partial charge >= 0.3 is 17.5 Å². The molecule has 1 atom stereocenters. The van der Waals surface area contributed by atoms with Gasteiger partial charge in [-0.25, -0.2) is 4.57 Å². The molecule has 2 heterocycles. The summed E-state index contributed by atoms with van der Waals surface area (Å²) in [4.78, 5) is 16.3. The molecule has 0 saturated heterocycles. The van der Waals surface area contributed by atoms with Crippen molar-refractivity contribution >= 4 is 29.0 Å². The number of hydrogen-bond donors (Lipinski definition) is 4. The maximum absolute atomic E-state index is 13.3. The predicted octanol–water partition coefficient (Wildman–Crippen LogP) is 1.77. The van der Waals surface area contributed by atoms with E-state index in [1.54, 1.807) is 19.2 Å². The normalized spacial score (nSPS) is 16.1. The maximum Gasteiger partial charge on any atom is 0.399 e. The van der Waals surface area contributed by atoms with Crippen LogP contribution in [0.4, 0.5) is 11.5 Å². The van der Waals surface area contributed by atoms with Gasteiger partial charge in [0.2, 0.25) is 11.5 Å². The van der Waals surface area contributed by atoms with Gasteiger partial charge in [0.05, 0.1) is 25.7 Å². The van der Waals surface area contributed by atoms with E-state index in [1.165, 1.54) is 16.2 Å². The molecule has 31 heavy (non-hydrogen) atoms. The average molecular weight is 439 g/mol. The maximum atomic E-state index is 13.3. The average Bonchev–Trinajstić information content (AvgIpc) is 2.76. The number of allylic oxidation sites excluding steroid dienone is 1. The highest BCUT2D eigenvalue weighted by molar-refractivity contribution is 6.30. The van der Waals surface area contributed by atoms with Crippen LogP contribution in [-0.4, -0.2) is 20.7 Å². The van der Waals surface area contributed by atoms with Crippen LogP contribution < -0.4 is 20.4 Å². The largest absolute Gasteiger partial charge is 0.460 e. The van der Waals surface area contributed by atoms with E-state index >= 15 is 0 Å². The molecule has 2 aromatic carbocycles. The second kappa shape index (κ2) is 7.92. The summed E-state index contributed by atoms with van der Waals surface area (Å²) >= 11 is 6.09. The summed E-state index contributed by atoms with van der Waals surface area (Å²) in [5.74, 6) is -0.191. The molecule has 0 amide bonds. The molecule has 3 aromatic rings. The van der Waals surface area contributed by atoms with Crippen LogP contribution in [0.15, 0.2) is 70.7 Å². The molecule has 158 valence electrons. The summed E-state index contributed by atoms with van der Waals surface area (Å²) in [5, 5.41) is 25.2. The molecule has 1 aromatic heterocycles. The third-order valence-corrected chi connectivity index (χ3v) is 5.76. The fourth-order valence-electron chi connectivity index (χ4n) is 3.92. The van der Waals surface area contributed by atoms with Gasteiger partial charge in [-0.3, -0.25) is 10.1 Å². The lowest BCUT2D eigenvalue weighted by Crippen LogP contribution is -2.67. The SMILES string of the molecule is CC1=C(C(O)=[NH+]c2ccccc2)C(c2ccc(Cl)cc2)c2c([n+](C)c(O)n(C)c2=O)N1. The Bertz CT molecular complexity index is 1280. The van der Waals surface area contributed by atoms with E-state index in [0.29, 0.717) is 33.4 Å². The molecule has 0 saturated carbocycles. The Balaban J connectivity index is 2.00. The van der Waals surface area contributed by atoms with Crippen LogP contribution in [0.2, 0.25) is 5.02 Å². The van der Waals surface area contributed by atoms with Gasteiger partial charge in [-0.05, 0) is 24.6 Å². The van der Waals surface area contributed by atoms with E-state index in [2.05, 4.69) is 10.3 Å². The first kappa shape index (κ1) is 20.7. The number of halogens is 1. The molecule has 1 aliphatic heterocycles. The van der Waals surface area contributed by atoms with Crippen molar-refractivity contribution in [2.45, 2.75) is 12.8 Å². The van der Waals surface area contributed by atoms with Crippen LogP contribution in [0, 0.1) is 0 Å². The first-order valence-electron chi connectivity index (χ1n) is 9.73. The number of rotatable bonds is 3. The topological polar surface area (TPSA) is 92.3 Å². The van der Waals surface area contributed by atoms with Crippen molar-refractivity contribution in [3.8, 4) is 6.01 Å². The van der Waals surface area contributed by atoms with Gasteiger partial charge in [0, 0.05) is 17.2 Å². The number of aromatic nitrogens is 2. The molecular weight excluding hydrogens is 416 g/mol. The lowest BCUT2D eigenvalue weighted by molar-refractivity contribution is -0.669. The minimum absolute atomic E-state index is 0.0698. The van der Waals surface area contributed by atoms with Gasteiger partial charge < -0.3 is 10.2 Å². The van der Waals surface area contributed by atoms with E-state index in [0.717, 1.165) is 5.56 Å². The van der Waals surface area contributed by atoms with Crippen LogP contribution in [0.3, 0.4) is 0 Å². The smallest absolute Gasteiger partial charge is 0.399 e. The Morgan fingerprint density at radius 1 is 1.16 bits per heavy atom. The van der Waals surface area contributed by atoms with Crippen LogP contribution >= 0.6 is 11.6 Å². The van der Waals surface area contributed by atoms with E-state index in [-0.39, 0.29) is 17.5 Å². The quantitative estimate of drug-likeness (QED) is 0.285. The van der Waals surface area contributed by atoms with Crippen LogP contribution in [0.25, 0.3) is 0 Å². The van der Waals surface area contributed by atoms with Gasteiger partial charge in [0.1, 0.15) is 11.1 Å². The van der Waals surface area contributed by atoms with E-state index < -0.39 is 5.92 Å². The summed E-state index contributed by atoms with van der Waals surface area (Å²) in [6, 6.07) is 16.3. The number of aliphatic hydroxyl groups is 1. The number of benzene rings is 2. The number of anilines is 1. The summed E-state index contributed by atoms with van der Waals surface area (Å²) < 4.78 is 2.70. The molecule has 4 rings (SSSR count). The third-order valence-electron chi connectivity index (χ3n) is 5.51. The van der Waals surface area contributed by atoms with Crippen molar-refractivity contribution in [3.63, 3.8) is 0 Å². The molecule has 7 nitrogen and oxygen atoms in total. The summed E-state index contributed by atoms with van der Waals surface area (Å²) in [7, 11) is 3.18. The molecule has 1 unspecified atom stereocenters. The van der Waals surface area contributed by atoms with Crippen LogP contribution in [-0.2, 0) is 14.1 Å².